The Bertz CT molecular complexity index is 1090. The number of sulfonamides is 1. The maximum Gasteiger partial charge on any atom is 0.277 e. The van der Waals surface area contributed by atoms with Crippen LogP contribution in [0.2, 0.25) is 0 Å². The Kier molecular flexibility index (Phi) is 5.43. The van der Waals surface area contributed by atoms with Gasteiger partial charge in [-0.3, -0.25) is 4.79 Å². The van der Waals surface area contributed by atoms with Crippen LogP contribution in [0.25, 0.3) is 5.69 Å². The lowest BCUT2D eigenvalue weighted by atomic mass is 10.3. The number of nitrogens with zero attached hydrogens (tertiary/aromatic N) is 4. The molecular formula is C18H19N5O4S. The van der Waals surface area contributed by atoms with Crippen molar-refractivity contribution in [2.75, 3.05) is 26.5 Å². The van der Waals surface area contributed by atoms with Crippen LogP contribution >= 0.6 is 0 Å². The van der Waals surface area contributed by atoms with Crippen molar-refractivity contribution in [3.63, 3.8) is 0 Å². The molecule has 0 aliphatic heterocycles. The summed E-state index contributed by atoms with van der Waals surface area (Å²) in [6.07, 6.45) is 1.33. The molecule has 9 nitrogen and oxygen atoms in total. The van der Waals surface area contributed by atoms with Gasteiger partial charge in [-0.05, 0) is 30.3 Å². The first kappa shape index (κ1) is 19.5. The van der Waals surface area contributed by atoms with E-state index in [9.17, 15) is 13.2 Å². The van der Waals surface area contributed by atoms with Crippen molar-refractivity contribution in [1.82, 2.24) is 19.3 Å². The fourth-order valence-electron chi connectivity index (χ4n) is 2.40. The number of hydrogen-bond donors (Lipinski definition) is 1. The molecule has 1 heterocycles. The molecule has 3 rings (SSSR count). The monoisotopic (exact) mass is 401 g/mol. The summed E-state index contributed by atoms with van der Waals surface area (Å²) in [5.74, 6) is -0.221. The van der Waals surface area contributed by atoms with Crippen LogP contribution < -0.4 is 10.1 Å². The molecule has 146 valence electrons. The van der Waals surface area contributed by atoms with Crippen molar-refractivity contribution in [3.05, 3.63) is 60.4 Å². The number of hydrogen-bond acceptors (Lipinski definition) is 6. The topological polar surface area (TPSA) is 106 Å². The molecule has 0 aliphatic carbocycles. The van der Waals surface area contributed by atoms with E-state index in [1.807, 2.05) is 18.2 Å². The van der Waals surface area contributed by atoms with E-state index >= 15 is 0 Å². The van der Waals surface area contributed by atoms with Gasteiger partial charge in [-0.2, -0.15) is 9.90 Å². The molecule has 2 aromatic carbocycles. The molecule has 0 aliphatic rings. The van der Waals surface area contributed by atoms with Gasteiger partial charge in [-0.25, -0.2) is 12.7 Å². The van der Waals surface area contributed by atoms with Crippen molar-refractivity contribution < 1.29 is 17.9 Å². The lowest BCUT2D eigenvalue weighted by molar-refractivity contribution is 0.102. The third kappa shape index (κ3) is 3.87. The molecule has 0 bridgehead atoms. The van der Waals surface area contributed by atoms with Crippen molar-refractivity contribution in [1.29, 1.82) is 0 Å². The lowest BCUT2D eigenvalue weighted by Gasteiger charge is -2.14. The Morgan fingerprint density at radius 2 is 1.86 bits per heavy atom. The van der Waals surface area contributed by atoms with Crippen molar-refractivity contribution in [3.8, 4) is 11.4 Å². The molecule has 0 spiro atoms. The highest BCUT2D eigenvalue weighted by Gasteiger charge is 2.21. The highest BCUT2D eigenvalue weighted by atomic mass is 32.2. The Labute approximate surface area is 162 Å². The summed E-state index contributed by atoms with van der Waals surface area (Å²) in [5.41, 5.74) is 0.995. The average Bonchev–Trinajstić information content (AvgIpc) is 3.19. The van der Waals surface area contributed by atoms with Crippen LogP contribution in [-0.4, -0.2) is 54.8 Å². The predicted molar refractivity (Wildman–Crippen MR) is 103 cm³/mol. The Morgan fingerprint density at radius 1 is 1.14 bits per heavy atom. The molecule has 0 saturated heterocycles. The number of nitrogens with one attached hydrogen (secondary N) is 1. The molecule has 0 atom stereocenters. The number of amides is 1. The minimum Gasteiger partial charge on any atom is -0.495 e. The average molecular weight is 401 g/mol. The van der Waals surface area contributed by atoms with Crippen molar-refractivity contribution in [2.24, 2.45) is 0 Å². The second kappa shape index (κ2) is 7.79. The first-order valence-corrected chi connectivity index (χ1v) is 9.66. The second-order valence-electron chi connectivity index (χ2n) is 5.96. The van der Waals surface area contributed by atoms with E-state index in [-0.39, 0.29) is 16.3 Å². The van der Waals surface area contributed by atoms with Crippen LogP contribution in [0.3, 0.4) is 0 Å². The van der Waals surface area contributed by atoms with Gasteiger partial charge in [0.1, 0.15) is 5.75 Å². The number of benzene rings is 2. The molecule has 1 aromatic heterocycles. The quantitative estimate of drug-likeness (QED) is 0.675. The number of carbonyl (C=O) groups is 1. The van der Waals surface area contributed by atoms with Crippen LogP contribution in [0.1, 0.15) is 10.5 Å². The van der Waals surface area contributed by atoms with Gasteiger partial charge < -0.3 is 10.1 Å². The first-order chi connectivity index (χ1) is 13.3. The molecule has 0 radical (unpaired) electrons. The molecule has 1 N–H and O–H groups in total. The van der Waals surface area contributed by atoms with Crippen LogP contribution in [0, 0.1) is 0 Å². The number of para-hydroxylation sites is 1. The summed E-state index contributed by atoms with van der Waals surface area (Å²) >= 11 is 0. The van der Waals surface area contributed by atoms with E-state index in [0.29, 0.717) is 11.4 Å². The van der Waals surface area contributed by atoms with E-state index in [0.717, 1.165) is 4.31 Å². The number of carbonyl (C=O) groups excluding carboxylic acids is 1. The summed E-state index contributed by atoms with van der Waals surface area (Å²) < 4.78 is 31.0. The minimum atomic E-state index is -3.66. The van der Waals surface area contributed by atoms with Crippen LogP contribution in [0.5, 0.6) is 5.75 Å². The van der Waals surface area contributed by atoms with E-state index in [4.69, 9.17) is 4.74 Å². The summed E-state index contributed by atoms with van der Waals surface area (Å²) in [4.78, 5) is 13.9. The highest BCUT2D eigenvalue weighted by Crippen LogP contribution is 2.28. The van der Waals surface area contributed by atoms with E-state index < -0.39 is 15.9 Å². The fourth-order valence-corrected chi connectivity index (χ4v) is 3.32. The van der Waals surface area contributed by atoms with Crippen molar-refractivity contribution in [2.45, 2.75) is 4.90 Å². The standard InChI is InChI=1S/C18H19N5O4S/c1-22(2)28(25,26)14-9-10-17(27-3)15(11-14)20-18(24)16-12-19-23(21-16)13-7-5-4-6-8-13/h4-12H,1-3H3,(H,20,24). The zero-order valence-electron chi connectivity index (χ0n) is 15.5. The van der Waals surface area contributed by atoms with Gasteiger partial charge in [0.2, 0.25) is 10.0 Å². The third-order valence-electron chi connectivity index (χ3n) is 3.91. The number of ether oxygens (including phenoxy) is 1. The molecule has 1 amide bonds. The SMILES string of the molecule is COc1ccc(S(=O)(=O)N(C)C)cc1NC(=O)c1cnn(-c2ccccc2)n1. The van der Waals surface area contributed by atoms with Gasteiger partial charge in [0, 0.05) is 14.1 Å². The van der Waals surface area contributed by atoms with Gasteiger partial charge in [0.05, 0.1) is 29.6 Å². The molecule has 0 fully saturated rings. The summed E-state index contributed by atoms with van der Waals surface area (Å²) in [6.45, 7) is 0. The number of rotatable bonds is 6. The molecular weight excluding hydrogens is 382 g/mol. The van der Waals surface area contributed by atoms with Gasteiger partial charge in [0.15, 0.2) is 5.69 Å². The Hall–Kier alpha value is -3.24. The third-order valence-corrected chi connectivity index (χ3v) is 5.72. The summed E-state index contributed by atoms with van der Waals surface area (Å²) in [6, 6.07) is 13.4. The largest absolute Gasteiger partial charge is 0.495 e. The van der Waals surface area contributed by atoms with Crippen LogP contribution in [0.15, 0.2) is 59.6 Å². The smallest absolute Gasteiger partial charge is 0.277 e. The Morgan fingerprint density at radius 3 is 2.50 bits per heavy atom. The van der Waals surface area contributed by atoms with Crippen molar-refractivity contribution >= 4 is 21.6 Å². The molecule has 0 saturated carbocycles. The highest BCUT2D eigenvalue weighted by molar-refractivity contribution is 7.89. The van der Waals surface area contributed by atoms with Crippen LogP contribution in [0.4, 0.5) is 5.69 Å². The van der Waals surface area contributed by atoms with Gasteiger partial charge in [0.25, 0.3) is 5.91 Å². The zero-order chi connectivity index (χ0) is 20.3. The van der Waals surface area contributed by atoms with E-state index in [1.54, 1.807) is 12.1 Å². The normalized spacial score (nSPS) is 11.4. The lowest BCUT2D eigenvalue weighted by Crippen LogP contribution is -2.22. The maximum atomic E-state index is 12.6. The number of aromatic nitrogens is 3. The summed E-state index contributed by atoms with van der Waals surface area (Å²) in [7, 11) is 0.626. The van der Waals surface area contributed by atoms with Gasteiger partial charge in [-0.15, -0.1) is 5.10 Å². The van der Waals surface area contributed by atoms with Crippen LogP contribution in [-0.2, 0) is 10.0 Å². The second-order valence-corrected chi connectivity index (χ2v) is 8.11. The molecule has 28 heavy (non-hydrogen) atoms. The maximum absolute atomic E-state index is 12.6. The molecule has 10 heteroatoms. The Balaban J connectivity index is 1.89. The predicted octanol–water partition coefficient (Wildman–Crippen LogP) is 1.78. The van der Waals surface area contributed by atoms with E-state index in [2.05, 4.69) is 15.5 Å². The fraction of sp³-hybridized carbons (Fsp3) is 0.167. The van der Waals surface area contributed by atoms with Gasteiger partial charge >= 0.3 is 0 Å². The minimum absolute atomic E-state index is 0.0292. The number of anilines is 1. The first-order valence-electron chi connectivity index (χ1n) is 8.22. The van der Waals surface area contributed by atoms with Gasteiger partial charge in [-0.1, -0.05) is 18.2 Å². The zero-order valence-corrected chi connectivity index (χ0v) is 16.3. The molecule has 3 aromatic rings. The number of methoxy groups -OCH3 is 1. The molecule has 0 unspecified atom stereocenters. The summed E-state index contributed by atoms with van der Waals surface area (Å²) in [5, 5.41) is 10.9. The van der Waals surface area contributed by atoms with E-state index in [1.165, 1.54) is 50.4 Å².